The zero-order valence-corrected chi connectivity index (χ0v) is 14.1. The van der Waals surface area contributed by atoms with Crippen molar-refractivity contribution in [1.82, 2.24) is 5.43 Å². The molecule has 0 bridgehead atoms. The summed E-state index contributed by atoms with van der Waals surface area (Å²) in [5, 5.41) is 26.7. The Morgan fingerprint density at radius 3 is 2.81 bits per heavy atom. The SMILES string of the molecule is COc1cc([N+](=O)[O-])cc(C=NNC(=O)[C@H]2COc3ccccc3O2)c1[O-]. The van der Waals surface area contributed by atoms with Crippen LogP contribution in [0.5, 0.6) is 23.0 Å². The molecule has 1 atom stereocenters. The van der Waals surface area contributed by atoms with E-state index in [0.29, 0.717) is 11.5 Å². The number of fused-ring (bicyclic) bond motifs is 1. The van der Waals surface area contributed by atoms with Gasteiger partial charge in [-0.15, -0.1) is 0 Å². The standard InChI is InChI=1S/C17H15N3O7/c1-25-14-7-11(20(23)24)6-10(16(14)21)8-18-19-17(22)15-9-26-12-4-2-3-5-13(12)27-15/h2-8,15,21H,9H2,1H3,(H,19,22)/p-1/t15-/m1/s1. The van der Waals surface area contributed by atoms with Crippen molar-refractivity contribution in [1.29, 1.82) is 0 Å². The smallest absolute Gasteiger partial charge is 0.284 e. The van der Waals surface area contributed by atoms with Crippen LogP contribution in [-0.2, 0) is 4.79 Å². The second-order valence-electron chi connectivity index (χ2n) is 5.42. The van der Waals surface area contributed by atoms with Crippen LogP contribution < -0.4 is 24.7 Å². The minimum absolute atomic E-state index is 0.00416. The minimum Gasteiger partial charge on any atom is -0.870 e. The number of non-ortho nitro benzene ring substituents is 1. The van der Waals surface area contributed by atoms with E-state index in [0.717, 1.165) is 18.3 Å². The van der Waals surface area contributed by atoms with Gasteiger partial charge in [0, 0.05) is 6.07 Å². The van der Waals surface area contributed by atoms with E-state index in [1.54, 1.807) is 24.3 Å². The van der Waals surface area contributed by atoms with Crippen molar-refractivity contribution in [2.75, 3.05) is 13.7 Å². The predicted molar refractivity (Wildman–Crippen MR) is 91.2 cm³/mol. The molecule has 1 N–H and O–H groups in total. The first-order valence-electron chi connectivity index (χ1n) is 7.74. The number of amides is 1. The van der Waals surface area contributed by atoms with Gasteiger partial charge in [-0.2, -0.15) is 5.10 Å². The number of para-hydroxylation sites is 2. The zero-order chi connectivity index (χ0) is 19.4. The summed E-state index contributed by atoms with van der Waals surface area (Å²) < 4.78 is 15.8. The predicted octanol–water partition coefficient (Wildman–Crippen LogP) is 0.967. The first-order valence-corrected chi connectivity index (χ1v) is 7.74. The third-order valence-corrected chi connectivity index (χ3v) is 3.68. The lowest BCUT2D eigenvalue weighted by atomic mass is 10.2. The Balaban J connectivity index is 1.70. The van der Waals surface area contributed by atoms with Crippen LogP contribution in [0.4, 0.5) is 5.69 Å². The summed E-state index contributed by atoms with van der Waals surface area (Å²) in [5.74, 6) is -0.418. The van der Waals surface area contributed by atoms with E-state index in [-0.39, 0.29) is 23.6 Å². The topological polar surface area (TPSA) is 135 Å². The molecule has 27 heavy (non-hydrogen) atoms. The largest absolute Gasteiger partial charge is 0.870 e. The molecular weight excluding hydrogens is 358 g/mol. The minimum atomic E-state index is -0.927. The number of carbonyl (C=O) groups is 1. The summed E-state index contributed by atoms with van der Waals surface area (Å²) in [5.41, 5.74) is 1.78. The Bertz CT molecular complexity index is 913. The van der Waals surface area contributed by atoms with E-state index in [4.69, 9.17) is 14.2 Å². The van der Waals surface area contributed by atoms with Crippen molar-refractivity contribution in [3.8, 4) is 23.0 Å². The third kappa shape index (κ3) is 3.89. The highest BCUT2D eigenvalue weighted by atomic mass is 16.6. The van der Waals surface area contributed by atoms with E-state index < -0.39 is 22.7 Å². The van der Waals surface area contributed by atoms with Crippen LogP contribution >= 0.6 is 0 Å². The average Bonchev–Trinajstić information content (AvgIpc) is 2.68. The number of benzene rings is 2. The van der Waals surface area contributed by atoms with E-state index >= 15 is 0 Å². The molecule has 0 fully saturated rings. The molecule has 1 heterocycles. The molecule has 140 valence electrons. The number of methoxy groups -OCH3 is 1. The first kappa shape index (κ1) is 18.0. The Hall–Kier alpha value is -3.82. The maximum atomic E-state index is 12.1. The summed E-state index contributed by atoms with van der Waals surface area (Å²) >= 11 is 0. The number of nitro groups is 1. The van der Waals surface area contributed by atoms with Crippen molar-refractivity contribution < 1.29 is 29.0 Å². The molecule has 2 aromatic rings. The zero-order valence-electron chi connectivity index (χ0n) is 14.1. The summed E-state index contributed by atoms with van der Waals surface area (Å²) in [4.78, 5) is 22.4. The van der Waals surface area contributed by atoms with Gasteiger partial charge in [-0.25, -0.2) is 5.43 Å². The van der Waals surface area contributed by atoms with Gasteiger partial charge >= 0.3 is 0 Å². The number of rotatable bonds is 5. The number of carbonyl (C=O) groups excluding carboxylic acids is 1. The van der Waals surface area contributed by atoms with Crippen molar-refractivity contribution in [3.05, 3.63) is 52.1 Å². The fourth-order valence-electron chi connectivity index (χ4n) is 2.35. The lowest BCUT2D eigenvalue weighted by Gasteiger charge is -2.24. The van der Waals surface area contributed by atoms with Crippen molar-refractivity contribution in [2.24, 2.45) is 5.10 Å². The van der Waals surface area contributed by atoms with Crippen molar-refractivity contribution in [3.63, 3.8) is 0 Å². The normalized spacial score (nSPS) is 15.4. The van der Waals surface area contributed by atoms with Gasteiger partial charge in [-0.3, -0.25) is 14.9 Å². The van der Waals surface area contributed by atoms with Crippen molar-refractivity contribution in [2.45, 2.75) is 6.10 Å². The molecule has 0 saturated carbocycles. The van der Waals surface area contributed by atoms with Crippen LogP contribution in [-0.4, -0.2) is 36.9 Å². The summed E-state index contributed by atoms with van der Waals surface area (Å²) in [6, 6.07) is 8.96. The number of hydrogen-bond donors (Lipinski definition) is 1. The van der Waals surface area contributed by atoms with Gasteiger partial charge in [0.2, 0.25) is 6.10 Å². The molecule has 1 amide bonds. The van der Waals surface area contributed by atoms with E-state index in [9.17, 15) is 20.0 Å². The Morgan fingerprint density at radius 2 is 2.11 bits per heavy atom. The third-order valence-electron chi connectivity index (χ3n) is 3.68. The van der Waals surface area contributed by atoms with Gasteiger partial charge in [0.25, 0.3) is 11.6 Å². The molecule has 0 aromatic heterocycles. The number of ether oxygens (including phenoxy) is 3. The second kappa shape index (κ2) is 7.60. The maximum absolute atomic E-state index is 12.1. The monoisotopic (exact) mass is 372 g/mol. The van der Waals surface area contributed by atoms with Gasteiger partial charge in [0.05, 0.1) is 24.3 Å². The Kier molecular flexibility index (Phi) is 5.06. The van der Waals surface area contributed by atoms with Gasteiger partial charge in [-0.1, -0.05) is 17.9 Å². The molecule has 0 aliphatic carbocycles. The fourth-order valence-corrected chi connectivity index (χ4v) is 2.35. The highest BCUT2D eigenvalue weighted by molar-refractivity contribution is 5.88. The summed E-state index contributed by atoms with van der Waals surface area (Å²) in [6.07, 6.45) is 0.0799. The van der Waals surface area contributed by atoms with Gasteiger partial charge in [0.15, 0.2) is 11.5 Å². The molecule has 0 radical (unpaired) electrons. The molecule has 1 aliphatic rings. The number of nitro benzene ring substituents is 1. The molecule has 3 rings (SSSR count). The van der Waals surface area contributed by atoms with Crippen LogP contribution in [0, 0.1) is 10.1 Å². The average molecular weight is 372 g/mol. The van der Waals surface area contributed by atoms with Crippen LogP contribution in [0.15, 0.2) is 41.5 Å². The number of nitrogens with zero attached hydrogens (tertiary/aromatic N) is 2. The van der Waals surface area contributed by atoms with E-state index in [1.807, 2.05) is 0 Å². The van der Waals surface area contributed by atoms with Gasteiger partial charge in [0.1, 0.15) is 12.4 Å². The number of hydrogen-bond acceptors (Lipinski definition) is 8. The highest BCUT2D eigenvalue weighted by Crippen LogP contribution is 2.32. The van der Waals surface area contributed by atoms with Gasteiger partial charge in [-0.05, 0) is 17.7 Å². The van der Waals surface area contributed by atoms with Crippen LogP contribution in [0.2, 0.25) is 0 Å². The second-order valence-corrected chi connectivity index (χ2v) is 5.42. The molecule has 10 nitrogen and oxygen atoms in total. The molecule has 10 heteroatoms. The fraction of sp³-hybridized carbons (Fsp3) is 0.176. The number of nitrogens with one attached hydrogen (secondary N) is 1. The summed E-state index contributed by atoms with van der Waals surface area (Å²) in [7, 11) is 1.22. The van der Waals surface area contributed by atoms with Crippen LogP contribution in [0.1, 0.15) is 5.56 Å². The molecular formula is C17H14N3O7-. The molecule has 1 aliphatic heterocycles. The van der Waals surface area contributed by atoms with Crippen molar-refractivity contribution >= 4 is 17.8 Å². The Labute approximate surface area is 153 Å². The molecule has 0 spiro atoms. The van der Waals surface area contributed by atoms with E-state index in [1.165, 1.54) is 7.11 Å². The van der Waals surface area contributed by atoms with Crippen LogP contribution in [0.3, 0.4) is 0 Å². The van der Waals surface area contributed by atoms with Crippen LogP contribution in [0.25, 0.3) is 0 Å². The lowest BCUT2D eigenvalue weighted by molar-refractivity contribution is -0.385. The van der Waals surface area contributed by atoms with Gasteiger partial charge < -0.3 is 19.3 Å². The Morgan fingerprint density at radius 1 is 1.37 bits per heavy atom. The lowest BCUT2D eigenvalue weighted by Crippen LogP contribution is -2.42. The molecule has 0 saturated heterocycles. The number of hydrazone groups is 1. The highest BCUT2D eigenvalue weighted by Gasteiger charge is 2.27. The summed E-state index contributed by atoms with van der Waals surface area (Å²) in [6.45, 7) is -0.00416. The first-order chi connectivity index (χ1) is 13.0. The van der Waals surface area contributed by atoms with E-state index in [2.05, 4.69) is 10.5 Å². The molecule has 2 aromatic carbocycles. The molecule has 0 unspecified atom stereocenters. The maximum Gasteiger partial charge on any atom is 0.284 e. The quantitative estimate of drug-likeness (QED) is 0.469.